The molecule has 6 heteroatoms. The number of rotatable bonds is 5. The van der Waals surface area contributed by atoms with Gasteiger partial charge >= 0.3 is 6.18 Å². The molecule has 0 aliphatic heterocycles. The van der Waals surface area contributed by atoms with Gasteiger partial charge in [0.15, 0.2) is 0 Å². The molecule has 0 aromatic rings. The van der Waals surface area contributed by atoms with Crippen LogP contribution in [0.25, 0.3) is 0 Å². The summed E-state index contributed by atoms with van der Waals surface area (Å²) in [6, 6.07) is -1.65. The minimum Gasteiger partial charge on any atom is -0.352 e. The number of carbonyl (C=O) groups is 1. The van der Waals surface area contributed by atoms with Crippen molar-refractivity contribution in [2.75, 3.05) is 0 Å². The van der Waals surface area contributed by atoms with E-state index in [1.54, 1.807) is 0 Å². The molecule has 3 N–H and O–H groups in total. The van der Waals surface area contributed by atoms with Gasteiger partial charge in [-0.3, -0.25) is 4.79 Å². The van der Waals surface area contributed by atoms with Gasteiger partial charge in [-0.25, -0.2) is 0 Å². The average molecular weight is 226 g/mol. The summed E-state index contributed by atoms with van der Waals surface area (Å²) in [5.41, 5.74) is 5.45. The van der Waals surface area contributed by atoms with E-state index in [4.69, 9.17) is 5.73 Å². The zero-order valence-corrected chi connectivity index (χ0v) is 8.90. The minimum atomic E-state index is -4.26. The van der Waals surface area contributed by atoms with E-state index in [9.17, 15) is 18.0 Å². The summed E-state index contributed by atoms with van der Waals surface area (Å²) < 4.78 is 35.8. The highest BCUT2D eigenvalue weighted by atomic mass is 19.4. The van der Waals surface area contributed by atoms with Crippen molar-refractivity contribution in [1.82, 2.24) is 5.32 Å². The Labute approximate surface area is 87.2 Å². The van der Waals surface area contributed by atoms with Crippen LogP contribution in [0.2, 0.25) is 0 Å². The van der Waals surface area contributed by atoms with E-state index >= 15 is 0 Å². The van der Waals surface area contributed by atoms with Crippen LogP contribution in [0.15, 0.2) is 0 Å². The highest BCUT2D eigenvalue weighted by Gasteiger charge is 2.31. The van der Waals surface area contributed by atoms with Gasteiger partial charge in [0.25, 0.3) is 0 Å². The molecule has 0 heterocycles. The number of alkyl halides is 3. The maximum Gasteiger partial charge on any atom is 0.391 e. The predicted octanol–water partition coefficient (Wildman–Crippen LogP) is 1.57. The van der Waals surface area contributed by atoms with Gasteiger partial charge < -0.3 is 11.1 Å². The second-order valence-corrected chi connectivity index (χ2v) is 3.62. The fourth-order valence-corrected chi connectivity index (χ4v) is 1.19. The summed E-state index contributed by atoms with van der Waals surface area (Å²) in [7, 11) is 0. The first-order valence-electron chi connectivity index (χ1n) is 4.89. The topological polar surface area (TPSA) is 55.1 Å². The lowest BCUT2D eigenvalue weighted by Crippen LogP contribution is -2.45. The van der Waals surface area contributed by atoms with Crippen LogP contribution in [0.1, 0.15) is 33.1 Å². The number of nitrogens with one attached hydrogen (secondary N) is 1. The third kappa shape index (κ3) is 7.18. The van der Waals surface area contributed by atoms with Gasteiger partial charge in [-0.15, -0.1) is 0 Å². The number of hydrogen-bond donors (Lipinski definition) is 2. The number of amides is 1. The number of hydrogen-bond acceptors (Lipinski definition) is 2. The Morgan fingerprint density at radius 1 is 1.47 bits per heavy atom. The molecule has 3 nitrogen and oxygen atoms in total. The minimum absolute atomic E-state index is 0.477. The summed E-state index contributed by atoms with van der Waals surface area (Å²) in [6.07, 6.45) is -4.09. The first-order valence-corrected chi connectivity index (χ1v) is 4.89. The largest absolute Gasteiger partial charge is 0.391 e. The number of carbonyl (C=O) groups excluding carboxylic acids is 1. The van der Waals surface area contributed by atoms with Crippen LogP contribution in [0.3, 0.4) is 0 Å². The molecule has 0 aromatic heterocycles. The fourth-order valence-electron chi connectivity index (χ4n) is 1.19. The molecule has 0 rings (SSSR count). The number of nitrogens with two attached hydrogens (primary N) is 1. The Hall–Kier alpha value is -0.780. The van der Waals surface area contributed by atoms with Gasteiger partial charge in [0.05, 0.1) is 12.5 Å². The summed E-state index contributed by atoms with van der Waals surface area (Å²) in [4.78, 5) is 11.2. The van der Waals surface area contributed by atoms with Crippen molar-refractivity contribution >= 4 is 5.91 Å². The molecule has 1 unspecified atom stereocenters. The SMILES string of the molecule is CCC[C@@H](N)C(=O)NC(C)CC(F)(F)F. The first kappa shape index (κ1) is 14.2. The molecule has 0 aromatic carbocycles. The molecule has 0 radical (unpaired) electrons. The molecule has 1 amide bonds. The lowest BCUT2D eigenvalue weighted by molar-refractivity contribution is -0.141. The van der Waals surface area contributed by atoms with Gasteiger partial charge in [-0.2, -0.15) is 13.2 Å². The van der Waals surface area contributed by atoms with Crippen LogP contribution in [0, 0.1) is 0 Å². The van der Waals surface area contributed by atoms with Crippen molar-refractivity contribution in [2.24, 2.45) is 5.73 Å². The Bertz CT molecular complexity index is 206. The molecule has 0 saturated heterocycles. The normalized spacial score (nSPS) is 15.9. The Morgan fingerprint density at radius 2 is 2.00 bits per heavy atom. The quantitative estimate of drug-likeness (QED) is 0.747. The van der Waals surface area contributed by atoms with Gasteiger partial charge in [-0.05, 0) is 13.3 Å². The molecule has 90 valence electrons. The van der Waals surface area contributed by atoms with Gasteiger partial charge in [-0.1, -0.05) is 13.3 Å². The Kier molecular flexibility index (Phi) is 5.64. The van der Waals surface area contributed by atoms with E-state index in [0.717, 1.165) is 6.42 Å². The number of halogens is 3. The van der Waals surface area contributed by atoms with E-state index in [1.165, 1.54) is 6.92 Å². The molecule has 0 fully saturated rings. The van der Waals surface area contributed by atoms with E-state index < -0.39 is 30.6 Å². The summed E-state index contributed by atoms with van der Waals surface area (Å²) in [5.74, 6) is -0.520. The summed E-state index contributed by atoms with van der Waals surface area (Å²) in [5, 5.41) is 2.24. The highest BCUT2D eigenvalue weighted by Crippen LogP contribution is 2.21. The molecule has 0 aliphatic carbocycles. The zero-order chi connectivity index (χ0) is 12.1. The van der Waals surface area contributed by atoms with Gasteiger partial charge in [0, 0.05) is 6.04 Å². The third-order valence-electron chi connectivity index (χ3n) is 1.86. The van der Waals surface area contributed by atoms with Gasteiger partial charge in [0.2, 0.25) is 5.91 Å². The van der Waals surface area contributed by atoms with Crippen LogP contribution < -0.4 is 11.1 Å². The lowest BCUT2D eigenvalue weighted by Gasteiger charge is -2.18. The Morgan fingerprint density at radius 3 is 2.40 bits per heavy atom. The molecule has 0 aliphatic rings. The van der Waals surface area contributed by atoms with Crippen LogP contribution in [-0.2, 0) is 4.79 Å². The van der Waals surface area contributed by atoms with Crippen molar-refractivity contribution < 1.29 is 18.0 Å². The van der Waals surface area contributed by atoms with E-state index in [2.05, 4.69) is 5.32 Å². The fraction of sp³-hybridized carbons (Fsp3) is 0.889. The molecular formula is C9H17F3N2O. The smallest absolute Gasteiger partial charge is 0.352 e. The second kappa shape index (κ2) is 5.95. The molecule has 0 bridgehead atoms. The summed E-state index contributed by atoms with van der Waals surface area (Å²) >= 11 is 0. The van der Waals surface area contributed by atoms with E-state index in [0.29, 0.717) is 6.42 Å². The van der Waals surface area contributed by atoms with Crippen molar-refractivity contribution in [3.05, 3.63) is 0 Å². The standard InChI is InChI=1S/C9H17F3N2O/c1-3-4-7(13)8(15)14-6(2)5-9(10,11)12/h6-7H,3-5,13H2,1-2H3,(H,14,15)/t6?,7-/m1/s1. The van der Waals surface area contributed by atoms with Crippen molar-refractivity contribution in [1.29, 1.82) is 0 Å². The maximum absolute atomic E-state index is 11.9. The summed E-state index contributed by atoms with van der Waals surface area (Å²) in [6.45, 7) is 3.16. The van der Waals surface area contributed by atoms with Crippen molar-refractivity contribution in [3.8, 4) is 0 Å². The lowest BCUT2D eigenvalue weighted by atomic mass is 10.1. The molecule has 15 heavy (non-hydrogen) atoms. The van der Waals surface area contributed by atoms with Crippen molar-refractivity contribution in [3.63, 3.8) is 0 Å². The molecule has 2 atom stereocenters. The first-order chi connectivity index (χ1) is 6.76. The van der Waals surface area contributed by atoms with E-state index in [-0.39, 0.29) is 0 Å². The average Bonchev–Trinajstić information content (AvgIpc) is 2.00. The Balaban J connectivity index is 3.96. The van der Waals surface area contributed by atoms with Crippen LogP contribution in [0.5, 0.6) is 0 Å². The predicted molar refractivity (Wildman–Crippen MR) is 51.2 cm³/mol. The van der Waals surface area contributed by atoms with Crippen molar-refractivity contribution in [2.45, 2.75) is 51.4 Å². The molecular weight excluding hydrogens is 209 g/mol. The van der Waals surface area contributed by atoms with Crippen LogP contribution in [-0.4, -0.2) is 24.2 Å². The van der Waals surface area contributed by atoms with Crippen LogP contribution >= 0.6 is 0 Å². The second-order valence-electron chi connectivity index (χ2n) is 3.62. The molecule has 0 spiro atoms. The third-order valence-corrected chi connectivity index (χ3v) is 1.86. The highest BCUT2D eigenvalue weighted by molar-refractivity contribution is 5.81. The van der Waals surface area contributed by atoms with Gasteiger partial charge in [0.1, 0.15) is 0 Å². The van der Waals surface area contributed by atoms with Crippen LogP contribution in [0.4, 0.5) is 13.2 Å². The monoisotopic (exact) mass is 226 g/mol. The maximum atomic E-state index is 11.9. The van der Waals surface area contributed by atoms with E-state index in [1.807, 2.05) is 6.92 Å². The molecule has 0 saturated carbocycles. The zero-order valence-electron chi connectivity index (χ0n) is 8.90.